The maximum absolute atomic E-state index is 5.96. The molecule has 1 saturated heterocycles. The molecule has 2 N–H and O–H groups in total. The monoisotopic (exact) mass is 548 g/mol. The number of hydrogen-bond acceptors (Lipinski definition) is 5. The van der Waals surface area contributed by atoms with Gasteiger partial charge in [0.05, 0.1) is 25.9 Å². The van der Waals surface area contributed by atoms with Crippen LogP contribution in [0.1, 0.15) is 33.3 Å². The zero-order chi connectivity index (χ0) is 21.8. The lowest BCUT2D eigenvalue weighted by Gasteiger charge is -2.30. The number of ether oxygens (including phenoxy) is 3. The van der Waals surface area contributed by atoms with E-state index in [9.17, 15) is 0 Å². The van der Waals surface area contributed by atoms with Gasteiger partial charge in [-0.05, 0) is 30.0 Å². The van der Waals surface area contributed by atoms with Crippen molar-refractivity contribution in [2.24, 2.45) is 10.4 Å². The largest absolute Gasteiger partial charge is 0.492 e. The molecule has 0 amide bonds. The van der Waals surface area contributed by atoms with Crippen LogP contribution in [-0.2, 0) is 16.0 Å². The first kappa shape index (κ1) is 27.9. The molecule has 0 radical (unpaired) electrons. The Morgan fingerprint density at radius 2 is 1.97 bits per heavy atom. The molecule has 0 bridgehead atoms. The fourth-order valence-electron chi connectivity index (χ4n) is 3.30. The minimum Gasteiger partial charge on any atom is -0.492 e. The smallest absolute Gasteiger partial charge is 0.191 e. The van der Waals surface area contributed by atoms with Gasteiger partial charge in [0, 0.05) is 39.8 Å². The highest BCUT2D eigenvalue weighted by molar-refractivity contribution is 14.0. The molecule has 0 aromatic heterocycles. The number of methoxy groups -OCH3 is 1. The van der Waals surface area contributed by atoms with Crippen LogP contribution in [0.25, 0.3) is 0 Å². The third kappa shape index (κ3) is 10.9. The van der Waals surface area contributed by atoms with Crippen LogP contribution in [0.4, 0.5) is 0 Å². The van der Waals surface area contributed by atoms with Crippen molar-refractivity contribution in [1.82, 2.24) is 15.5 Å². The molecule has 1 aromatic carbocycles. The molecule has 0 aliphatic carbocycles. The topological polar surface area (TPSA) is 67.4 Å². The van der Waals surface area contributed by atoms with Gasteiger partial charge in [-0.3, -0.25) is 4.90 Å². The summed E-state index contributed by atoms with van der Waals surface area (Å²) >= 11 is 0. The van der Waals surface area contributed by atoms with E-state index in [1.54, 1.807) is 7.11 Å². The fourth-order valence-corrected chi connectivity index (χ4v) is 3.30. The molecule has 1 fully saturated rings. The van der Waals surface area contributed by atoms with E-state index in [-0.39, 0.29) is 35.5 Å². The van der Waals surface area contributed by atoms with E-state index < -0.39 is 0 Å². The van der Waals surface area contributed by atoms with Gasteiger partial charge in [0.25, 0.3) is 0 Å². The van der Waals surface area contributed by atoms with Crippen LogP contribution in [0.3, 0.4) is 0 Å². The Morgan fingerprint density at radius 1 is 1.23 bits per heavy atom. The molecule has 31 heavy (non-hydrogen) atoms. The number of halogens is 1. The Bertz CT molecular complexity index is 646. The molecule has 178 valence electrons. The summed E-state index contributed by atoms with van der Waals surface area (Å²) in [5.41, 5.74) is 1.18. The first-order chi connectivity index (χ1) is 14.4. The van der Waals surface area contributed by atoms with Crippen molar-refractivity contribution in [3.8, 4) is 5.75 Å². The average Bonchev–Trinajstić information content (AvgIpc) is 2.72. The van der Waals surface area contributed by atoms with Gasteiger partial charge in [0.15, 0.2) is 5.96 Å². The lowest BCUT2D eigenvalue weighted by molar-refractivity contribution is 0.0205. The van der Waals surface area contributed by atoms with Crippen molar-refractivity contribution in [3.05, 3.63) is 29.8 Å². The molecule has 1 aliphatic rings. The number of benzene rings is 1. The summed E-state index contributed by atoms with van der Waals surface area (Å²) < 4.78 is 17.0. The Hall–Kier alpha value is -1.10. The van der Waals surface area contributed by atoms with Crippen molar-refractivity contribution in [1.29, 1.82) is 0 Å². The predicted octanol–water partition coefficient (Wildman–Crippen LogP) is 3.13. The highest BCUT2D eigenvalue weighted by Gasteiger charge is 2.24. The highest BCUT2D eigenvalue weighted by atomic mass is 127. The molecule has 1 heterocycles. The Labute approximate surface area is 205 Å². The highest BCUT2D eigenvalue weighted by Crippen LogP contribution is 2.21. The number of nitrogens with one attached hydrogen (secondary N) is 2. The Balaban J connectivity index is 0.00000480. The summed E-state index contributed by atoms with van der Waals surface area (Å²) in [4.78, 5) is 7.10. The van der Waals surface area contributed by atoms with Gasteiger partial charge in [-0.25, -0.2) is 4.99 Å². The van der Waals surface area contributed by atoms with Crippen LogP contribution in [-0.4, -0.2) is 76.6 Å². The number of rotatable bonds is 10. The second-order valence-corrected chi connectivity index (χ2v) is 8.62. The summed E-state index contributed by atoms with van der Waals surface area (Å²) in [7, 11) is 1.76. The summed E-state index contributed by atoms with van der Waals surface area (Å²) in [6.45, 7) is 15.9. The van der Waals surface area contributed by atoms with E-state index in [2.05, 4.69) is 55.4 Å². The zero-order valence-corrected chi connectivity index (χ0v) is 22.1. The van der Waals surface area contributed by atoms with Crippen molar-refractivity contribution in [2.75, 3.05) is 59.7 Å². The summed E-state index contributed by atoms with van der Waals surface area (Å²) in [5.74, 6) is 1.68. The molecule has 2 rings (SSSR count). The zero-order valence-electron chi connectivity index (χ0n) is 19.8. The van der Waals surface area contributed by atoms with Crippen LogP contribution in [0.15, 0.2) is 29.3 Å². The normalized spacial score (nSPS) is 16.4. The van der Waals surface area contributed by atoms with Crippen LogP contribution < -0.4 is 15.4 Å². The first-order valence-corrected chi connectivity index (χ1v) is 11.0. The van der Waals surface area contributed by atoms with Crippen molar-refractivity contribution >= 4 is 29.9 Å². The first-order valence-electron chi connectivity index (χ1n) is 11.0. The van der Waals surface area contributed by atoms with E-state index in [4.69, 9.17) is 19.2 Å². The van der Waals surface area contributed by atoms with Crippen molar-refractivity contribution < 1.29 is 14.2 Å². The van der Waals surface area contributed by atoms with Gasteiger partial charge in [0.2, 0.25) is 0 Å². The van der Waals surface area contributed by atoms with E-state index in [0.717, 1.165) is 56.7 Å². The maximum atomic E-state index is 5.96. The third-order valence-corrected chi connectivity index (χ3v) is 5.15. The molecule has 1 aromatic rings. The Kier molecular flexibility index (Phi) is 13.4. The molecule has 0 spiro atoms. The van der Waals surface area contributed by atoms with Gasteiger partial charge >= 0.3 is 0 Å². The lowest BCUT2D eigenvalue weighted by atomic mass is 9.89. The number of hydrogen-bond donors (Lipinski definition) is 2. The van der Waals surface area contributed by atoms with E-state index in [0.29, 0.717) is 19.7 Å². The van der Waals surface area contributed by atoms with Crippen LogP contribution >= 0.6 is 24.0 Å². The maximum Gasteiger partial charge on any atom is 0.191 e. The predicted molar refractivity (Wildman–Crippen MR) is 138 cm³/mol. The third-order valence-electron chi connectivity index (χ3n) is 5.15. The second kappa shape index (κ2) is 14.9. The van der Waals surface area contributed by atoms with Crippen molar-refractivity contribution in [3.63, 3.8) is 0 Å². The molecule has 1 unspecified atom stereocenters. The molecule has 0 saturated carbocycles. The molecular weight excluding hydrogens is 507 g/mol. The second-order valence-electron chi connectivity index (χ2n) is 8.62. The number of nitrogens with zero attached hydrogens (tertiary/aromatic N) is 2. The number of guanidine groups is 1. The van der Waals surface area contributed by atoms with Crippen LogP contribution in [0.2, 0.25) is 0 Å². The molecule has 7 nitrogen and oxygen atoms in total. The van der Waals surface area contributed by atoms with E-state index in [1.165, 1.54) is 0 Å². The van der Waals surface area contributed by atoms with Gasteiger partial charge in [0.1, 0.15) is 12.4 Å². The summed E-state index contributed by atoms with van der Waals surface area (Å²) in [5, 5.41) is 6.71. The summed E-state index contributed by atoms with van der Waals surface area (Å²) in [6.07, 6.45) is 0.101. The van der Waals surface area contributed by atoms with Crippen LogP contribution in [0.5, 0.6) is 5.75 Å². The lowest BCUT2D eigenvalue weighted by Crippen LogP contribution is -2.45. The summed E-state index contributed by atoms with van der Waals surface area (Å²) in [6, 6.07) is 8.17. The molecule has 1 aliphatic heterocycles. The molecule has 1 atom stereocenters. The van der Waals surface area contributed by atoms with Gasteiger partial charge < -0.3 is 24.8 Å². The SMILES string of the molecule is CCNC(=NCc1cccc(OCCN2CCOCC2)c1)NCC(OC)C(C)(C)C.I. The molecule has 8 heteroatoms. The molecular formula is C23H41IN4O3. The quantitative estimate of drug-likeness (QED) is 0.266. The van der Waals surface area contributed by atoms with E-state index >= 15 is 0 Å². The minimum absolute atomic E-state index is 0. The minimum atomic E-state index is 0. The van der Waals surface area contributed by atoms with E-state index in [1.807, 2.05) is 12.1 Å². The number of aliphatic imine (C=N–C) groups is 1. The standard InChI is InChI=1S/C23H40N4O3.HI/c1-6-24-22(26-18-21(28-5)23(2,3)4)25-17-19-8-7-9-20(16-19)30-15-12-27-10-13-29-14-11-27;/h7-9,16,21H,6,10-15,17-18H2,1-5H3,(H2,24,25,26);1H. The van der Waals surface area contributed by atoms with Gasteiger partial charge in [-0.15, -0.1) is 24.0 Å². The van der Waals surface area contributed by atoms with Crippen LogP contribution in [0, 0.1) is 5.41 Å². The fraction of sp³-hybridized carbons (Fsp3) is 0.696. The van der Waals surface area contributed by atoms with Gasteiger partial charge in [-0.2, -0.15) is 0 Å². The van der Waals surface area contributed by atoms with Crippen molar-refractivity contribution in [2.45, 2.75) is 40.3 Å². The Morgan fingerprint density at radius 3 is 2.61 bits per heavy atom. The van der Waals surface area contributed by atoms with Gasteiger partial charge in [-0.1, -0.05) is 32.9 Å². The average molecular weight is 549 g/mol. The number of morpholine rings is 1.